The molecule has 0 aromatic heterocycles. The molecule has 1 aliphatic heterocycles. The van der Waals surface area contributed by atoms with Gasteiger partial charge in [0.05, 0.1) is 4.99 Å². The van der Waals surface area contributed by atoms with Crippen molar-refractivity contribution in [2.75, 3.05) is 26.8 Å². The van der Waals surface area contributed by atoms with E-state index in [0.717, 1.165) is 32.1 Å². The van der Waals surface area contributed by atoms with Gasteiger partial charge in [0.1, 0.15) is 0 Å². The number of thiocarbonyl (C=S) groups is 1. The predicted octanol–water partition coefficient (Wildman–Crippen LogP) is 1.41. The van der Waals surface area contributed by atoms with E-state index in [9.17, 15) is 0 Å². The maximum Gasteiger partial charge on any atom is 0.0742 e. The Morgan fingerprint density at radius 2 is 2.13 bits per heavy atom. The maximum absolute atomic E-state index is 5.55. The summed E-state index contributed by atoms with van der Waals surface area (Å²) in [7, 11) is 2.15. The van der Waals surface area contributed by atoms with Crippen LogP contribution < -0.4 is 5.73 Å². The monoisotopic (exact) mass is 230 g/mol. The number of hydrogen-bond donors (Lipinski definition) is 1. The van der Waals surface area contributed by atoms with Crippen LogP contribution in [0.3, 0.4) is 0 Å². The van der Waals surface area contributed by atoms with Crippen molar-refractivity contribution in [3.63, 3.8) is 0 Å². The molecule has 0 aliphatic carbocycles. The van der Waals surface area contributed by atoms with Crippen LogP contribution in [0.15, 0.2) is 0 Å². The Morgan fingerprint density at radius 3 is 2.67 bits per heavy atom. The van der Waals surface area contributed by atoms with Gasteiger partial charge in [0, 0.05) is 32.2 Å². The molecule has 0 bridgehead atoms. The fourth-order valence-electron chi connectivity index (χ4n) is 1.96. The lowest BCUT2D eigenvalue weighted by Gasteiger charge is -2.30. The topological polar surface area (TPSA) is 38.5 Å². The van der Waals surface area contributed by atoms with E-state index >= 15 is 0 Å². The Balaban J connectivity index is 2.26. The summed E-state index contributed by atoms with van der Waals surface area (Å²) >= 11 is 4.93. The summed E-state index contributed by atoms with van der Waals surface area (Å²) in [6.07, 6.45) is 3.18. The van der Waals surface area contributed by atoms with E-state index in [2.05, 4.69) is 18.9 Å². The molecule has 1 unspecified atom stereocenters. The van der Waals surface area contributed by atoms with Crippen molar-refractivity contribution in [1.82, 2.24) is 4.90 Å². The van der Waals surface area contributed by atoms with Crippen LogP contribution in [-0.2, 0) is 4.74 Å². The van der Waals surface area contributed by atoms with Crippen LogP contribution in [-0.4, -0.2) is 42.7 Å². The van der Waals surface area contributed by atoms with Crippen molar-refractivity contribution in [3.05, 3.63) is 0 Å². The molecule has 1 aliphatic rings. The molecule has 0 radical (unpaired) electrons. The molecule has 15 heavy (non-hydrogen) atoms. The Bertz CT molecular complexity index is 205. The molecule has 0 amide bonds. The molecule has 1 fully saturated rings. The lowest BCUT2D eigenvalue weighted by molar-refractivity contribution is 0.0517. The van der Waals surface area contributed by atoms with Gasteiger partial charge < -0.3 is 15.4 Å². The molecule has 0 saturated carbocycles. The van der Waals surface area contributed by atoms with E-state index in [1.54, 1.807) is 0 Å². The highest BCUT2D eigenvalue weighted by Gasteiger charge is 2.18. The molecule has 1 rings (SSSR count). The number of hydrogen-bond acceptors (Lipinski definition) is 3. The lowest BCUT2D eigenvalue weighted by atomic mass is 9.99. The van der Waals surface area contributed by atoms with E-state index in [-0.39, 0.29) is 0 Å². The molecule has 1 saturated heterocycles. The second-order valence-electron chi connectivity index (χ2n) is 4.51. The zero-order valence-electron chi connectivity index (χ0n) is 9.74. The summed E-state index contributed by atoms with van der Waals surface area (Å²) < 4.78 is 5.35. The Hall–Kier alpha value is -0.190. The van der Waals surface area contributed by atoms with Crippen LogP contribution in [0.5, 0.6) is 0 Å². The fourth-order valence-corrected chi connectivity index (χ4v) is 2.20. The van der Waals surface area contributed by atoms with Crippen LogP contribution in [0.25, 0.3) is 0 Å². The van der Waals surface area contributed by atoms with Crippen molar-refractivity contribution in [2.45, 2.75) is 32.2 Å². The third-order valence-corrected chi connectivity index (χ3v) is 3.30. The zero-order valence-corrected chi connectivity index (χ0v) is 10.6. The van der Waals surface area contributed by atoms with Crippen LogP contribution in [0.4, 0.5) is 0 Å². The average Bonchev–Trinajstić information content (AvgIpc) is 2.18. The molecular formula is C11H22N2OS. The van der Waals surface area contributed by atoms with E-state index in [1.807, 2.05) is 0 Å². The summed E-state index contributed by atoms with van der Waals surface area (Å²) in [5.74, 6) is 0.776. The van der Waals surface area contributed by atoms with Gasteiger partial charge in [0.2, 0.25) is 0 Å². The Labute approximate surface area is 98.0 Å². The van der Waals surface area contributed by atoms with Gasteiger partial charge in [-0.05, 0) is 32.7 Å². The van der Waals surface area contributed by atoms with Gasteiger partial charge in [-0.1, -0.05) is 12.2 Å². The minimum Gasteiger partial charge on any atom is -0.393 e. The number of rotatable bonds is 5. The lowest BCUT2D eigenvalue weighted by Crippen LogP contribution is -2.37. The quantitative estimate of drug-likeness (QED) is 0.725. The van der Waals surface area contributed by atoms with E-state index in [1.165, 1.54) is 12.8 Å². The van der Waals surface area contributed by atoms with Gasteiger partial charge in [0.15, 0.2) is 0 Å². The van der Waals surface area contributed by atoms with E-state index in [0.29, 0.717) is 11.0 Å². The summed E-state index contributed by atoms with van der Waals surface area (Å²) in [6, 6.07) is 0.449. The van der Waals surface area contributed by atoms with Crippen molar-refractivity contribution < 1.29 is 4.74 Å². The molecule has 4 heteroatoms. The first-order valence-electron chi connectivity index (χ1n) is 5.66. The maximum atomic E-state index is 5.55. The van der Waals surface area contributed by atoms with Gasteiger partial charge in [-0.3, -0.25) is 0 Å². The highest BCUT2D eigenvalue weighted by atomic mass is 32.1. The number of nitrogens with two attached hydrogens (primary N) is 1. The third kappa shape index (κ3) is 4.91. The van der Waals surface area contributed by atoms with E-state index < -0.39 is 0 Å². The molecular weight excluding hydrogens is 208 g/mol. The average molecular weight is 230 g/mol. The van der Waals surface area contributed by atoms with Gasteiger partial charge in [0.25, 0.3) is 0 Å². The van der Waals surface area contributed by atoms with Crippen molar-refractivity contribution in [3.8, 4) is 0 Å². The molecule has 3 nitrogen and oxygen atoms in total. The summed E-state index contributed by atoms with van der Waals surface area (Å²) in [5, 5.41) is 0. The molecule has 88 valence electrons. The summed E-state index contributed by atoms with van der Waals surface area (Å²) in [5.41, 5.74) is 5.55. The fraction of sp³-hybridized carbons (Fsp3) is 0.909. The number of nitrogens with zero attached hydrogens (tertiary/aromatic N) is 1. The molecule has 0 aromatic rings. The van der Waals surface area contributed by atoms with Crippen molar-refractivity contribution >= 4 is 17.2 Å². The molecule has 1 heterocycles. The van der Waals surface area contributed by atoms with Gasteiger partial charge in [-0.2, -0.15) is 0 Å². The SMILES string of the molecule is CC(CC(N)=S)N(C)CC1CCOCC1. The summed E-state index contributed by atoms with van der Waals surface area (Å²) in [4.78, 5) is 2.97. The molecule has 0 aromatic carbocycles. The second kappa shape index (κ2) is 6.40. The third-order valence-electron chi connectivity index (χ3n) is 3.14. The Morgan fingerprint density at radius 1 is 1.53 bits per heavy atom. The van der Waals surface area contributed by atoms with Crippen LogP contribution >= 0.6 is 12.2 Å². The first-order chi connectivity index (χ1) is 7.09. The largest absolute Gasteiger partial charge is 0.393 e. The first-order valence-corrected chi connectivity index (χ1v) is 6.06. The minimum atomic E-state index is 0.449. The van der Waals surface area contributed by atoms with E-state index in [4.69, 9.17) is 22.7 Å². The van der Waals surface area contributed by atoms with Gasteiger partial charge >= 0.3 is 0 Å². The highest BCUT2D eigenvalue weighted by molar-refractivity contribution is 7.80. The van der Waals surface area contributed by atoms with Crippen LogP contribution in [0.1, 0.15) is 26.2 Å². The number of ether oxygens (including phenoxy) is 1. The molecule has 2 N–H and O–H groups in total. The predicted molar refractivity (Wildman–Crippen MR) is 67.0 cm³/mol. The van der Waals surface area contributed by atoms with Gasteiger partial charge in [-0.15, -0.1) is 0 Å². The second-order valence-corrected chi connectivity index (χ2v) is 5.04. The minimum absolute atomic E-state index is 0.449. The summed E-state index contributed by atoms with van der Waals surface area (Å²) in [6.45, 7) is 5.15. The van der Waals surface area contributed by atoms with Gasteiger partial charge in [-0.25, -0.2) is 0 Å². The smallest absolute Gasteiger partial charge is 0.0742 e. The van der Waals surface area contributed by atoms with Crippen molar-refractivity contribution in [2.24, 2.45) is 11.7 Å². The zero-order chi connectivity index (χ0) is 11.3. The standard InChI is InChI=1S/C11H22N2OS/c1-9(7-11(12)15)13(2)8-10-3-5-14-6-4-10/h9-10H,3-8H2,1-2H3,(H2,12,15). The molecule has 0 spiro atoms. The first kappa shape index (κ1) is 12.9. The normalized spacial score (nSPS) is 20.5. The van der Waals surface area contributed by atoms with Crippen LogP contribution in [0, 0.1) is 5.92 Å². The molecule has 1 atom stereocenters. The Kier molecular flexibility index (Phi) is 5.50. The van der Waals surface area contributed by atoms with Crippen LogP contribution in [0.2, 0.25) is 0 Å². The highest BCUT2D eigenvalue weighted by Crippen LogP contribution is 2.17. The van der Waals surface area contributed by atoms with Crippen molar-refractivity contribution in [1.29, 1.82) is 0 Å².